The number of aryl methyl sites for hydroxylation is 1. The lowest BCUT2D eigenvalue weighted by Crippen LogP contribution is -2.35. The standard InChI is InChI=1S/C17H21N/c1-13-9-11-15(12-10-13)18-16(17(2,3)4)14-7-5-6-8-14/h5-7,9-12,16,18H,1-4H3/t16-/m1/s1. The summed E-state index contributed by atoms with van der Waals surface area (Å²) in [7, 11) is 0. The van der Waals surface area contributed by atoms with Gasteiger partial charge in [-0.1, -0.05) is 44.5 Å². The van der Waals surface area contributed by atoms with E-state index in [9.17, 15) is 0 Å². The Morgan fingerprint density at radius 1 is 1.11 bits per heavy atom. The Hall–Kier alpha value is -1.72. The van der Waals surface area contributed by atoms with Crippen LogP contribution in [0.25, 0.3) is 0 Å². The zero-order chi connectivity index (χ0) is 13.2. The van der Waals surface area contributed by atoms with Crippen LogP contribution >= 0.6 is 0 Å². The number of rotatable bonds is 3. The second kappa shape index (κ2) is 4.88. The Morgan fingerprint density at radius 2 is 1.78 bits per heavy atom. The molecule has 0 heterocycles. The van der Waals surface area contributed by atoms with E-state index >= 15 is 0 Å². The van der Waals surface area contributed by atoms with E-state index in [-0.39, 0.29) is 11.5 Å². The van der Waals surface area contributed by atoms with Crippen LogP contribution in [0.5, 0.6) is 0 Å². The van der Waals surface area contributed by atoms with E-state index in [1.54, 1.807) is 0 Å². The van der Waals surface area contributed by atoms with Crippen LogP contribution in [-0.4, -0.2) is 6.04 Å². The van der Waals surface area contributed by atoms with E-state index in [1.165, 1.54) is 11.1 Å². The van der Waals surface area contributed by atoms with Gasteiger partial charge >= 0.3 is 0 Å². The molecule has 18 heavy (non-hydrogen) atoms. The number of hydrogen-bond donors (Lipinski definition) is 1. The summed E-state index contributed by atoms with van der Waals surface area (Å²) in [4.78, 5) is 0. The molecule has 1 aliphatic carbocycles. The van der Waals surface area contributed by atoms with E-state index in [0.29, 0.717) is 0 Å². The first-order valence-corrected chi connectivity index (χ1v) is 6.43. The van der Waals surface area contributed by atoms with Gasteiger partial charge in [-0.3, -0.25) is 0 Å². The van der Waals surface area contributed by atoms with Crippen molar-refractivity contribution in [2.75, 3.05) is 5.32 Å². The van der Waals surface area contributed by atoms with Crippen LogP contribution in [-0.2, 0) is 0 Å². The summed E-state index contributed by atoms with van der Waals surface area (Å²) in [5.41, 5.74) is 7.13. The Kier molecular flexibility index (Phi) is 3.45. The number of nitrogens with one attached hydrogen (secondary N) is 1. The third-order valence-electron chi connectivity index (χ3n) is 3.16. The molecule has 1 aromatic carbocycles. The van der Waals surface area contributed by atoms with Gasteiger partial charge < -0.3 is 5.32 Å². The van der Waals surface area contributed by atoms with E-state index in [2.05, 4.69) is 69.1 Å². The lowest BCUT2D eigenvalue weighted by Gasteiger charge is -2.32. The number of benzene rings is 1. The van der Waals surface area contributed by atoms with Crippen molar-refractivity contribution in [3.8, 4) is 0 Å². The summed E-state index contributed by atoms with van der Waals surface area (Å²) in [6, 6.07) is 8.82. The van der Waals surface area contributed by atoms with Gasteiger partial charge in [-0.25, -0.2) is 0 Å². The van der Waals surface area contributed by atoms with Crippen LogP contribution in [0.4, 0.5) is 5.69 Å². The molecule has 1 N–H and O–H groups in total. The van der Waals surface area contributed by atoms with Crippen LogP contribution in [0, 0.1) is 12.3 Å². The second-order valence-electron chi connectivity index (χ2n) is 5.93. The maximum absolute atomic E-state index is 3.62. The minimum absolute atomic E-state index is 0.149. The molecule has 94 valence electrons. The molecule has 0 amide bonds. The molecule has 0 aromatic heterocycles. The van der Waals surface area contributed by atoms with Gasteiger partial charge in [0, 0.05) is 11.3 Å². The minimum Gasteiger partial charge on any atom is -0.377 e. The molecule has 1 heteroatoms. The molecule has 0 bridgehead atoms. The summed E-state index contributed by atoms with van der Waals surface area (Å²) >= 11 is 0. The maximum atomic E-state index is 3.62. The maximum Gasteiger partial charge on any atom is 0.0634 e. The van der Waals surface area contributed by atoms with Gasteiger partial charge in [0.05, 0.1) is 6.04 Å². The summed E-state index contributed by atoms with van der Waals surface area (Å²) in [5.74, 6) is 0. The Labute approximate surface area is 110 Å². The zero-order valence-corrected chi connectivity index (χ0v) is 11.6. The SMILES string of the molecule is Cc1ccc(N[C@H](C2=C=CC=C2)C(C)(C)C)cc1. The van der Waals surface area contributed by atoms with Gasteiger partial charge in [-0.15, -0.1) is 5.73 Å². The predicted octanol–water partition coefficient (Wildman–Crippen LogP) is 4.47. The van der Waals surface area contributed by atoms with Crippen LogP contribution in [0.1, 0.15) is 26.3 Å². The number of anilines is 1. The van der Waals surface area contributed by atoms with Gasteiger partial charge in [0.15, 0.2) is 0 Å². The van der Waals surface area contributed by atoms with Gasteiger partial charge in [-0.05, 0) is 36.6 Å². The average Bonchev–Trinajstić information content (AvgIpc) is 2.80. The van der Waals surface area contributed by atoms with Crippen molar-refractivity contribution in [3.63, 3.8) is 0 Å². The Balaban J connectivity index is 2.23. The molecule has 2 rings (SSSR count). The molecule has 1 aliphatic rings. The van der Waals surface area contributed by atoms with Crippen molar-refractivity contribution in [2.45, 2.75) is 33.7 Å². The normalized spacial score (nSPS) is 15.7. The van der Waals surface area contributed by atoms with Crippen LogP contribution in [0.2, 0.25) is 0 Å². The highest BCUT2D eigenvalue weighted by Gasteiger charge is 2.27. The highest BCUT2D eigenvalue weighted by atomic mass is 14.9. The number of allylic oxidation sites excluding steroid dienone is 1. The second-order valence-corrected chi connectivity index (χ2v) is 5.93. The van der Waals surface area contributed by atoms with Crippen molar-refractivity contribution in [2.24, 2.45) is 5.41 Å². The summed E-state index contributed by atoms with van der Waals surface area (Å²) < 4.78 is 0. The molecule has 1 atom stereocenters. The zero-order valence-electron chi connectivity index (χ0n) is 11.6. The number of hydrogen-bond acceptors (Lipinski definition) is 1. The highest BCUT2D eigenvalue weighted by molar-refractivity contribution is 5.50. The molecule has 0 saturated heterocycles. The molecule has 0 unspecified atom stereocenters. The molecule has 0 fully saturated rings. The van der Waals surface area contributed by atoms with Crippen LogP contribution in [0.3, 0.4) is 0 Å². The lowest BCUT2D eigenvalue weighted by molar-refractivity contribution is 0.377. The van der Waals surface area contributed by atoms with E-state index < -0.39 is 0 Å². The molecule has 0 spiro atoms. The van der Waals surface area contributed by atoms with Gasteiger partial charge in [0.1, 0.15) is 0 Å². The molecule has 1 nitrogen and oxygen atoms in total. The molecule has 0 saturated carbocycles. The monoisotopic (exact) mass is 239 g/mol. The third kappa shape index (κ3) is 2.94. The third-order valence-corrected chi connectivity index (χ3v) is 3.16. The molecule has 1 aromatic rings. The smallest absolute Gasteiger partial charge is 0.0634 e. The minimum atomic E-state index is 0.149. The summed E-state index contributed by atoms with van der Waals surface area (Å²) in [5, 5.41) is 3.62. The van der Waals surface area contributed by atoms with Crippen LogP contribution < -0.4 is 5.32 Å². The fourth-order valence-corrected chi connectivity index (χ4v) is 2.10. The van der Waals surface area contributed by atoms with E-state index in [4.69, 9.17) is 0 Å². The first-order valence-electron chi connectivity index (χ1n) is 6.43. The molecular weight excluding hydrogens is 218 g/mol. The summed E-state index contributed by atoms with van der Waals surface area (Å²) in [6.07, 6.45) is 6.16. The fraction of sp³-hybridized carbons (Fsp3) is 0.353. The van der Waals surface area contributed by atoms with E-state index in [1.807, 2.05) is 12.2 Å². The van der Waals surface area contributed by atoms with Crippen molar-refractivity contribution in [3.05, 3.63) is 59.4 Å². The first kappa shape index (κ1) is 12.7. The molecule has 0 radical (unpaired) electrons. The Morgan fingerprint density at radius 3 is 2.28 bits per heavy atom. The van der Waals surface area contributed by atoms with Crippen molar-refractivity contribution in [1.29, 1.82) is 0 Å². The predicted molar refractivity (Wildman–Crippen MR) is 78.8 cm³/mol. The van der Waals surface area contributed by atoms with Gasteiger partial charge in [0.2, 0.25) is 0 Å². The Bertz CT molecular complexity index is 506. The lowest BCUT2D eigenvalue weighted by atomic mass is 9.82. The quantitative estimate of drug-likeness (QED) is 0.767. The first-order chi connectivity index (χ1) is 8.47. The van der Waals surface area contributed by atoms with Gasteiger partial charge in [0.25, 0.3) is 0 Å². The van der Waals surface area contributed by atoms with Gasteiger partial charge in [-0.2, -0.15) is 0 Å². The average molecular weight is 239 g/mol. The fourth-order valence-electron chi connectivity index (χ4n) is 2.10. The largest absolute Gasteiger partial charge is 0.377 e. The van der Waals surface area contributed by atoms with Crippen molar-refractivity contribution in [1.82, 2.24) is 0 Å². The van der Waals surface area contributed by atoms with E-state index in [0.717, 1.165) is 5.69 Å². The molecular formula is C17H21N. The van der Waals surface area contributed by atoms with Crippen molar-refractivity contribution >= 4 is 5.69 Å². The molecule has 0 aliphatic heterocycles. The summed E-state index contributed by atoms with van der Waals surface area (Å²) in [6.45, 7) is 8.86. The topological polar surface area (TPSA) is 12.0 Å². The van der Waals surface area contributed by atoms with Crippen LogP contribution in [0.15, 0.2) is 53.8 Å². The highest BCUT2D eigenvalue weighted by Crippen LogP contribution is 2.29. The van der Waals surface area contributed by atoms with Crippen molar-refractivity contribution < 1.29 is 0 Å².